The highest BCUT2D eigenvalue weighted by molar-refractivity contribution is 5.81. The van der Waals surface area contributed by atoms with Crippen LogP contribution < -0.4 is 5.32 Å². The first-order valence-corrected chi connectivity index (χ1v) is 11.1. The van der Waals surface area contributed by atoms with Crippen LogP contribution in [0.4, 0.5) is 0 Å². The van der Waals surface area contributed by atoms with Crippen LogP contribution >= 0.6 is 0 Å². The summed E-state index contributed by atoms with van der Waals surface area (Å²) < 4.78 is 12.6. The van der Waals surface area contributed by atoms with E-state index < -0.39 is 23.8 Å². The van der Waals surface area contributed by atoms with E-state index in [0.717, 1.165) is 25.7 Å². The van der Waals surface area contributed by atoms with E-state index in [0.29, 0.717) is 11.5 Å². The van der Waals surface area contributed by atoms with Crippen LogP contribution in [0.1, 0.15) is 52.0 Å². The van der Waals surface area contributed by atoms with Crippen molar-refractivity contribution in [3.05, 3.63) is 29.8 Å². The van der Waals surface area contributed by atoms with Crippen molar-refractivity contribution in [2.24, 2.45) is 23.7 Å². The average Bonchev–Trinajstić information content (AvgIpc) is 2.96. The third-order valence-electron chi connectivity index (χ3n) is 7.86. The second kappa shape index (κ2) is 7.19. The van der Waals surface area contributed by atoms with Gasteiger partial charge in [-0.15, -0.1) is 0 Å². The summed E-state index contributed by atoms with van der Waals surface area (Å²) in [7, 11) is 0. The Balaban J connectivity index is 1.40. The molecule has 5 aliphatic rings. The molecule has 8 atom stereocenters. The highest BCUT2D eigenvalue weighted by atomic mass is 17.3. The second-order valence-corrected chi connectivity index (χ2v) is 9.67. The quantitative estimate of drug-likeness (QED) is 0.735. The summed E-state index contributed by atoms with van der Waals surface area (Å²) in [5.41, 5.74) is 0.00744. The zero-order valence-corrected chi connectivity index (χ0v) is 17.8. The molecule has 1 aromatic carbocycles. The SMILES string of the molecule is C[C@H]1[C@H](C(=O)NCc2ccccc2O)O[C@@H]2O[C@@]3(C)CC[C@H]4[C@H](C)CC[C@@H]1[C@@]24OO3. The molecule has 1 spiro atoms. The van der Waals surface area contributed by atoms with Crippen LogP contribution in [0, 0.1) is 23.7 Å². The number of ether oxygens (including phenoxy) is 2. The molecule has 1 aliphatic carbocycles. The standard InChI is InChI=1S/C23H31NO6/c1-13-8-9-17-14(2)19(20(26)24-12-15-6-4-5-7-18(15)25)27-21-23(17)16(13)10-11-22(3,28-21)29-30-23/h4-7,13-14,16-17,19,21,25H,8-12H2,1-3H3,(H,24,26)/t13-,14-,16+,17+,19-,21-,22-,23-/m1/s1. The van der Waals surface area contributed by atoms with E-state index in [2.05, 4.69) is 19.2 Å². The molecule has 4 saturated heterocycles. The van der Waals surface area contributed by atoms with Crippen LogP contribution in [0.3, 0.4) is 0 Å². The Bertz CT molecular complexity index is 832. The third kappa shape index (κ3) is 2.98. The van der Waals surface area contributed by atoms with Gasteiger partial charge in [-0.25, -0.2) is 9.78 Å². The number of phenols is 1. The monoisotopic (exact) mass is 417 g/mol. The number of hydrogen-bond donors (Lipinski definition) is 2. The number of fused-ring (bicyclic) bond motifs is 2. The summed E-state index contributed by atoms with van der Waals surface area (Å²) in [6.07, 6.45) is 2.48. The van der Waals surface area contributed by atoms with Crippen molar-refractivity contribution in [2.45, 2.75) is 76.8 Å². The van der Waals surface area contributed by atoms with Crippen molar-refractivity contribution >= 4 is 5.91 Å². The number of rotatable bonds is 3. The fourth-order valence-corrected chi connectivity index (χ4v) is 6.15. The molecule has 2 bridgehead atoms. The van der Waals surface area contributed by atoms with Crippen LogP contribution in [0.5, 0.6) is 5.75 Å². The predicted molar refractivity (Wildman–Crippen MR) is 107 cm³/mol. The highest BCUT2D eigenvalue weighted by Crippen LogP contribution is 2.60. The van der Waals surface area contributed by atoms with Gasteiger partial charge in [0.05, 0.1) is 0 Å². The number of aromatic hydroxyl groups is 1. The van der Waals surface area contributed by atoms with E-state index in [-0.39, 0.29) is 36.0 Å². The minimum atomic E-state index is -0.852. The molecule has 5 fully saturated rings. The zero-order chi connectivity index (χ0) is 21.1. The number of carbonyl (C=O) groups is 1. The van der Waals surface area contributed by atoms with Crippen molar-refractivity contribution in [3.8, 4) is 5.75 Å². The van der Waals surface area contributed by atoms with Gasteiger partial charge in [0.25, 0.3) is 0 Å². The highest BCUT2D eigenvalue weighted by Gasteiger charge is 2.69. The molecule has 6 rings (SSSR count). The molecule has 4 aliphatic heterocycles. The third-order valence-corrected chi connectivity index (χ3v) is 7.86. The number of benzene rings is 1. The van der Waals surface area contributed by atoms with Crippen molar-refractivity contribution in [2.75, 3.05) is 0 Å². The van der Waals surface area contributed by atoms with Gasteiger partial charge in [-0.2, -0.15) is 0 Å². The molecule has 0 aromatic heterocycles. The van der Waals surface area contributed by atoms with Gasteiger partial charge in [0.2, 0.25) is 11.7 Å². The maximum absolute atomic E-state index is 13.1. The smallest absolute Gasteiger partial charge is 0.249 e. The first-order valence-electron chi connectivity index (χ1n) is 11.1. The van der Waals surface area contributed by atoms with Gasteiger partial charge in [-0.05, 0) is 50.0 Å². The molecule has 30 heavy (non-hydrogen) atoms. The maximum Gasteiger partial charge on any atom is 0.249 e. The Morgan fingerprint density at radius 2 is 1.97 bits per heavy atom. The summed E-state index contributed by atoms with van der Waals surface area (Å²) in [5, 5.41) is 12.9. The molecule has 1 aromatic rings. The number of para-hydroxylation sites is 1. The lowest BCUT2D eigenvalue weighted by Gasteiger charge is -2.60. The summed E-state index contributed by atoms with van der Waals surface area (Å²) >= 11 is 0. The molecule has 164 valence electrons. The normalized spacial score (nSPS) is 44.8. The maximum atomic E-state index is 13.1. The van der Waals surface area contributed by atoms with E-state index in [1.807, 2.05) is 13.0 Å². The van der Waals surface area contributed by atoms with E-state index >= 15 is 0 Å². The zero-order valence-electron chi connectivity index (χ0n) is 17.8. The Morgan fingerprint density at radius 1 is 1.17 bits per heavy atom. The van der Waals surface area contributed by atoms with Gasteiger partial charge in [-0.3, -0.25) is 4.79 Å². The first kappa shape index (κ1) is 20.2. The van der Waals surface area contributed by atoms with Crippen molar-refractivity contribution < 1.29 is 29.1 Å². The summed E-state index contributed by atoms with van der Waals surface area (Å²) in [6.45, 7) is 6.46. The fraction of sp³-hybridized carbons (Fsp3) is 0.696. The van der Waals surface area contributed by atoms with Crippen LogP contribution in [-0.4, -0.2) is 34.8 Å². The molecule has 1 saturated carbocycles. The molecule has 2 N–H and O–H groups in total. The van der Waals surface area contributed by atoms with Gasteiger partial charge < -0.3 is 19.9 Å². The lowest BCUT2D eigenvalue weighted by atomic mass is 9.57. The molecule has 0 radical (unpaired) electrons. The molecular formula is C23H31NO6. The Morgan fingerprint density at radius 3 is 2.77 bits per heavy atom. The lowest BCUT2D eigenvalue weighted by Crippen LogP contribution is -2.71. The molecular weight excluding hydrogens is 386 g/mol. The minimum absolute atomic E-state index is 0.0460. The first-order chi connectivity index (χ1) is 14.3. The van der Waals surface area contributed by atoms with Crippen molar-refractivity contribution in [3.63, 3.8) is 0 Å². The molecule has 4 heterocycles. The summed E-state index contributed by atoms with van der Waals surface area (Å²) in [4.78, 5) is 25.0. The number of carbonyl (C=O) groups excluding carboxylic acids is 1. The predicted octanol–water partition coefficient (Wildman–Crippen LogP) is 3.26. The van der Waals surface area contributed by atoms with Crippen LogP contribution in [-0.2, 0) is 30.6 Å². The average molecular weight is 418 g/mol. The van der Waals surface area contributed by atoms with Gasteiger partial charge in [0, 0.05) is 24.4 Å². The lowest BCUT2D eigenvalue weighted by molar-refractivity contribution is -0.569. The molecule has 7 nitrogen and oxygen atoms in total. The van der Waals surface area contributed by atoms with E-state index in [1.54, 1.807) is 18.2 Å². The topological polar surface area (TPSA) is 86.3 Å². The summed E-state index contributed by atoms with van der Waals surface area (Å²) in [6, 6.07) is 7.00. The van der Waals surface area contributed by atoms with E-state index in [4.69, 9.17) is 19.2 Å². The van der Waals surface area contributed by atoms with Crippen LogP contribution in [0.15, 0.2) is 24.3 Å². The van der Waals surface area contributed by atoms with Gasteiger partial charge in [-0.1, -0.05) is 32.0 Å². The molecule has 0 unspecified atom stereocenters. The van der Waals surface area contributed by atoms with Gasteiger partial charge in [0.1, 0.15) is 11.9 Å². The minimum Gasteiger partial charge on any atom is -0.508 e. The molecule has 1 amide bonds. The van der Waals surface area contributed by atoms with Crippen molar-refractivity contribution in [1.29, 1.82) is 0 Å². The Labute approximate surface area is 177 Å². The van der Waals surface area contributed by atoms with E-state index in [9.17, 15) is 9.90 Å². The Kier molecular flexibility index (Phi) is 4.85. The van der Waals surface area contributed by atoms with Gasteiger partial charge >= 0.3 is 0 Å². The van der Waals surface area contributed by atoms with Crippen LogP contribution in [0.25, 0.3) is 0 Å². The number of hydrogen-bond acceptors (Lipinski definition) is 6. The Hall–Kier alpha value is -1.67. The number of phenolic OH excluding ortho intramolecular Hbond substituents is 1. The molecule has 7 heteroatoms. The van der Waals surface area contributed by atoms with Gasteiger partial charge in [0.15, 0.2) is 11.9 Å². The summed E-state index contributed by atoms with van der Waals surface area (Å²) in [5.74, 6) is -0.0466. The van der Waals surface area contributed by atoms with Crippen molar-refractivity contribution in [1.82, 2.24) is 5.32 Å². The second-order valence-electron chi connectivity index (χ2n) is 9.67. The number of amides is 1. The van der Waals surface area contributed by atoms with E-state index in [1.165, 1.54) is 0 Å². The largest absolute Gasteiger partial charge is 0.508 e. The van der Waals surface area contributed by atoms with Crippen LogP contribution in [0.2, 0.25) is 0 Å². The fourth-order valence-electron chi connectivity index (χ4n) is 6.15. The number of nitrogens with one attached hydrogen (secondary N) is 1.